The number of thiophene rings is 1. The number of nitrogens with zero attached hydrogens (tertiary/aromatic N) is 3. The Hall–Kier alpha value is -1.17. The molecule has 114 valence electrons. The van der Waals surface area contributed by atoms with Gasteiger partial charge in [0.2, 0.25) is 0 Å². The van der Waals surface area contributed by atoms with Crippen LogP contribution in [0.25, 0.3) is 0 Å². The van der Waals surface area contributed by atoms with Crippen LogP contribution in [0.3, 0.4) is 0 Å². The van der Waals surface area contributed by atoms with Crippen molar-refractivity contribution in [3.05, 3.63) is 40.1 Å². The van der Waals surface area contributed by atoms with Crippen molar-refractivity contribution >= 4 is 11.3 Å². The summed E-state index contributed by atoms with van der Waals surface area (Å²) in [5.41, 5.74) is 0. The third kappa shape index (κ3) is 3.93. The fourth-order valence-electron chi connectivity index (χ4n) is 2.67. The zero-order valence-electron chi connectivity index (χ0n) is 12.9. The average molecular weight is 304 g/mol. The lowest BCUT2D eigenvalue weighted by molar-refractivity contribution is 0.210. The number of aromatic nitrogens is 2. The maximum atomic E-state index is 4.43. The number of imidazole rings is 1. The number of hydrogen-bond acceptors (Lipinski definition) is 4. The molecule has 3 rings (SSSR count). The molecule has 0 bridgehead atoms. The average Bonchev–Trinajstić information content (AvgIpc) is 3.07. The highest BCUT2D eigenvalue weighted by Gasteiger charge is 2.17. The van der Waals surface area contributed by atoms with Gasteiger partial charge >= 0.3 is 0 Å². The van der Waals surface area contributed by atoms with Gasteiger partial charge in [0.1, 0.15) is 5.82 Å². The quantitative estimate of drug-likeness (QED) is 0.891. The Morgan fingerprint density at radius 3 is 3.00 bits per heavy atom. The molecule has 0 spiro atoms. The molecule has 1 aliphatic rings. The Morgan fingerprint density at radius 1 is 1.29 bits per heavy atom. The number of nitrogens with one attached hydrogen (secondary N) is 1. The molecule has 2 aromatic rings. The van der Waals surface area contributed by atoms with E-state index in [4.69, 9.17) is 0 Å². The standard InChI is InChI=1S/C16H24N4S/c1-13(2)9-17-10-14-3-4-15(21-14)11-19-7-8-20-6-5-18-16(20)12-19/h3-6,13,17H,7-12H2,1-2H3. The number of hydrogen-bond donors (Lipinski definition) is 1. The molecule has 0 atom stereocenters. The third-order valence-electron chi connectivity index (χ3n) is 3.77. The Kier molecular flexibility index (Phi) is 4.73. The van der Waals surface area contributed by atoms with Gasteiger partial charge in [-0.15, -0.1) is 11.3 Å². The van der Waals surface area contributed by atoms with Gasteiger partial charge in [0.25, 0.3) is 0 Å². The number of rotatable bonds is 6. The monoisotopic (exact) mass is 304 g/mol. The van der Waals surface area contributed by atoms with Crippen molar-refractivity contribution in [1.82, 2.24) is 19.8 Å². The molecular formula is C16H24N4S. The van der Waals surface area contributed by atoms with E-state index in [9.17, 15) is 0 Å². The van der Waals surface area contributed by atoms with Gasteiger partial charge in [0.15, 0.2) is 0 Å². The van der Waals surface area contributed by atoms with Crippen LogP contribution in [-0.2, 0) is 26.2 Å². The minimum Gasteiger partial charge on any atom is -0.333 e. The van der Waals surface area contributed by atoms with E-state index in [-0.39, 0.29) is 0 Å². The van der Waals surface area contributed by atoms with Crippen molar-refractivity contribution in [2.24, 2.45) is 5.92 Å². The van der Waals surface area contributed by atoms with E-state index in [1.54, 1.807) is 0 Å². The normalized spacial score (nSPS) is 15.6. The van der Waals surface area contributed by atoms with Crippen LogP contribution in [0.15, 0.2) is 24.5 Å². The van der Waals surface area contributed by atoms with Gasteiger partial charge in [-0.3, -0.25) is 4.90 Å². The summed E-state index contributed by atoms with van der Waals surface area (Å²) >= 11 is 1.93. The molecule has 0 aromatic carbocycles. The maximum absolute atomic E-state index is 4.43. The SMILES string of the molecule is CC(C)CNCc1ccc(CN2CCn3ccnc3C2)s1. The molecule has 21 heavy (non-hydrogen) atoms. The zero-order chi connectivity index (χ0) is 14.7. The van der Waals surface area contributed by atoms with Crippen LogP contribution in [0.2, 0.25) is 0 Å². The highest BCUT2D eigenvalue weighted by molar-refractivity contribution is 7.11. The van der Waals surface area contributed by atoms with E-state index in [1.165, 1.54) is 15.6 Å². The fraction of sp³-hybridized carbons (Fsp3) is 0.562. The smallest absolute Gasteiger partial charge is 0.122 e. The second-order valence-electron chi connectivity index (χ2n) is 6.14. The van der Waals surface area contributed by atoms with Crippen molar-refractivity contribution < 1.29 is 0 Å². The molecule has 0 amide bonds. The molecular weight excluding hydrogens is 280 g/mol. The van der Waals surface area contributed by atoms with Crippen LogP contribution >= 0.6 is 11.3 Å². The first-order valence-corrected chi connectivity index (χ1v) is 8.53. The lowest BCUT2D eigenvalue weighted by Gasteiger charge is -2.26. The predicted octanol–water partition coefficient (Wildman–Crippen LogP) is 2.71. The lowest BCUT2D eigenvalue weighted by Crippen LogP contribution is -2.32. The summed E-state index contributed by atoms with van der Waals surface area (Å²) in [6, 6.07) is 4.54. The molecule has 4 nitrogen and oxygen atoms in total. The van der Waals surface area contributed by atoms with Crippen LogP contribution in [0.1, 0.15) is 29.4 Å². The highest BCUT2D eigenvalue weighted by atomic mass is 32.1. The van der Waals surface area contributed by atoms with E-state index in [0.29, 0.717) is 5.92 Å². The predicted molar refractivity (Wildman–Crippen MR) is 87.2 cm³/mol. The molecule has 0 saturated heterocycles. The largest absolute Gasteiger partial charge is 0.333 e. The van der Waals surface area contributed by atoms with Crippen molar-refractivity contribution in [2.75, 3.05) is 13.1 Å². The molecule has 0 saturated carbocycles. The lowest BCUT2D eigenvalue weighted by atomic mass is 10.2. The van der Waals surface area contributed by atoms with Crippen LogP contribution in [0, 0.1) is 5.92 Å². The molecule has 1 N–H and O–H groups in total. The van der Waals surface area contributed by atoms with Crippen LogP contribution in [-0.4, -0.2) is 27.5 Å². The van der Waals surface area contributed by atoms with E-state index >= 15 is 0 Å². The first-order valence-electron chi connectivity index (χ1n) is 7.71. The molecule has 0 radical (unpaired) electrons. The Bertz CT molecular complexity index is 572. The molecule has 1 aliphatic heterocycles. The van der Waals surface area contributed by atoms with Crippen molar-refractivity contribution in [2.45, 2.75) is 40.0 Å². The van der Waals surface area contributed by atoms with E-state index in [0.717, 1.165) is 39.3 Å². The van der Waals surface area contributed by atoms with Gasteiger partial charge in [0, 0.05) is 48.3 Å². The van der Waals surface area contributed by atoms with Gasteiger partial charge in [-0.2, -0.15) is 0 Å². The summed E-state index contributed by atoms with van der Waals surface area (Å²) in [5, 5.41) is 3.51. The first kappa shape index (κ1) is 14.8. The van der Waals surface area contributed by atoms with Gasteiger partial charge in [-0.05, 0) is 24.6 Å². The van der Waals surface area contributed by atoms with Crippen LogP contribution in [0.4, 0.5) is 0 Å². The van der Waals surface area contributed by atoms with Crippen molar-refractivity contribution in [3.63, 3.8) is 0 Å². The van der Waals surface area contributed by atoms with Crippen LogP contribution < -0.4 is 5.32 Å². The van der Waals surface area contributed by atoms with Gasteiger partial charge in [-0.1, -0.05) is 13.8 Å². The van der Waals surface area contributed by atoms with E-state index < -0.39 is 0 Å². The van der Waals surface area contributed by atoms with Crippen LogP contribution in [0.5, 0.6) is 0 Å². The molecule has 5 heteroatoms. The summed E-state index contributed by atoms with van der Waals surface area (Å²) in [4.78, 5) is 9.80. The second-order valence-corrected chi connectivity index (χ2v) is 7.39. The highest BCUT2D eigenvalue weighted by Crippen LogP contribution is 2.20. The Balaban J connectivity index is 1.51. The minimum atomic E-state index is 0.710. The molecule has 0 aliphatic carbocycles. The molecule has 0 unspecified atom stereocenters. The van der Waals surface area contributed by atoms with Gasteiger partial charge in [-0.25, -0.2) is 4.98 Å². The fourth-order valence-corrected chi connectivity index (χ4v) is 3.70. The first-order chi connectivity index (χ1) is 10.2. The third-order valence-corrected chi connectivity index (χ3v) is 4.84. The Morgan fingerprint density at radius 2 is 2.14 bits per heavy atom. The van der Waals surface area contributed by atoms with E-state index in [1.807, 2.05) is 17.5 Å². The molecule has 0 fully saturated rings. The van der Waals surface area contributed by atoms with Crippen molar-refractivity contribution in [1.29, 1.82) is 0 Å². The second kappa shape index (κ2) is 6.73. The summed E-state index contributed by atoms with van der Waals surface area (Å²) < 4.78 is 2.26. The molecule has 2 aromatic heterocycles. The minimum absolute atomic E-state index is 0.710. The Labute approximate surface area is 130 Å². The molecule has 3 heterocycles. The van der Waals surface area contributed by atoms with Gasteiger partial charge in [0.05, 0.1) is 6.54 Å². The number of fused-ring (bicyclic) bond motifs is 1. The summed E-state index contributed by atoms with van der Waals surface area (Å²) in [7, 11) is 0. The van der Waals surface area contributed by atoms with Gasteiger partial charge < -0.3 is 9.88 Å². The topological polar surface area (TPSA) is 33.1 Å². The van der Waals surface area contributed by atoms with Crippen molar-refractivity contribution in [3.8, 4) is 0 Å². The maximum Gasteiger partial charge on any atom is 0.122 e. The van der Waals surface area contributed by atoms with E-state index in [2.05, 4.69) is 51.9 Å². The summed E-state index contributed by atoms with van der Waals surface area (Å²) in [6.07, 6.45) is 3.98. The summed E-state index contributed by atoms with van der Waals surface area (Å²) in [6.45, 7) is 10.7. The zero-order valence-corrected chi connectivity index (χ0v) is 13.7. The summed E-state index contributed by atoms with van der Waals surface area (Å²) in [5.74, 6) is 1.90.